The molecule has 0 spiro atoms. The monoisotopic (exact) mass is 396 g/mol. The Hall–Kier alpha value is -2.75. The number of methoxy groups -OCH3 is 1. The lowest BCUT2D eigenvalue weighted by molar-refractivity contribution is 0.386. The molecule has 4 rings (SSSR count). The van der Waals surface area contributed by atoms with Gasteiger partial charge in [0.2, 0.25) is 0 Å². The zero-order valence-corrected chi connectivity index (χ0v) is 16.1. The van der Waals surface area contributed by atoms with Gasteiger partial charge in [0.1, 0.15) is 11.9 Å². The van der Waals surface area contributed by atoms with Crippen molar-refractivity contribution < 1.29 is 13.5 Å². The van der Waals surface area contributed by atoms with Crippen LogP contribution in [0.15, 0.2) is 42.5 Å². The fraction of sp³-hybridized carbons (Fsp3) is 0.227. The van der Waals surface area contributed by atoms with Crippen LogP contribution in [0.5, 0.6) is 5.75 Å². The number of rotatable bonds is 4. The first-order chi connectivity index (χ1) is 13.6. The van der Waals surface area contributed by atoms with Gasteiger partial charge < -0.3 is 10.1 Å². The van der Waals surface area contributed by atoms with Crippen molar-refractivity contribution in [3.63, 3.8) is 0 Å². The Morgan fingerprint density at radius 3 is 2.54 bits per heavy atom. The van der Waals surface area contributed by atoms with Gasteiger partial charge in [0.15, 0.2) is 11.6 Å². The molecule has 1 aromatic heterocycles. The maximum atomic E-state index is 14.3. The van der Waals surface area contributed by atoms with Crippen LogP contribution in [0, 0.1) is 23.0 Å². The molecule has 0 amide bonds. The summed E-state index contributed by atoms with van der Waals surface area (Å²) in [5, 5.41) is 12.4. The van der Waals surface area contributed by atoms with Gasteiger partial charge in [0, 0.05) is 27.8 Å². The number of thiophene rings is 1. The molecule has 0 saturated carbocycles. The number of benzene rings is 2. The Balaban J connectivity index is 1.85. The molecule has 6 heteroatoms. The lowest BCUT2D eigenvalue weighted by atomic mass is 9.98. The molecular weight excluding hydrogens is 378 g/mol. The first-order valence-corrected chi connectivity index (χ1v) is 9.80. The Morgan fingerprint density at radius 1 is 1.11 bits per heavy atom. The summed E-state index contributed by atoms with van der Waals surface area (Å²) in [4.78, 5) is 2.07. The van der Waals surface area contributed by atoms with Crippen molar-refractivity contribution in [1.29, 1.82) is 5.26 Å². The van der Waals surface area contributed by atoms with Gasteiger partial charge in [-0.2, -0.15) is 5.26 Å². The van der Waals surface area contributed by atoms with Crippen molar-refractivity contribution in [2.45, 2.75) is 12.3 Å². The van der Waals surface area contributed by atoms with Gasteiger partial charge in [0.05, 0.1) is 12.7 Å². The van der Waals surface area contributed by atoms with Crippen molar-refractivity contribution in [1.82, 2.24) is 5.32 Å². The van der Waals surface area contributed by atoms with E-state index in [4.69, 9.17) is 10.00 Å². The second-order valence-electron chi connectivity index (χ2n) is 6.74. The highest BCUT2D eigenvalue weighted by atomic mass is 32.1. The molecule has 1 aliphatic heterocycles. The number of nitrogens with one attached hydrogen (secondary N) is 1. The quantitative estimate of drug-likeness (QED) is 0.649. The minimum Gasteiger partial charge on any atom is -0.494 e. The Bertz CT molecular complexity index is 1060. The molecule has 0 radical (unpaired) electrons. The van der Waals surface area contributed by atoms with E-state index in [0.29, 0.717) is 11.5 Å². The molecule has 142 valence electrons. The molecule has 3 nitrogen and oxygen atoms in total. The topological polar surface area (TPSA) is 45.0 Å². The molecule has 2 heterocycles. The summed E-state index contributed by atoms with van der Waals surface area (Å²) in [6.45, 7) is 1.87. The number of ether oxygens (including phenoxy) is 1. The van der Waals surface area contributed by atoms with Crippen LogP contribution in [-0.4, -0.2) is 20.2 Å². The average Bonchev–Trinajstić information content (AvgIpc) is 3.37. The van der Waals surface area contributed by atoms with Crippen LogP contribution < -0.4 is 10.1 Å². The average molecular weight is 396 g/mol. The van der Waals surface area contributed by atoms with Crippen molar-refractivity contribution in [3.05, 3.63) is 64.5 Å². The van der Waals surface area contributed by atoms with Crippen LogP contribution in [0.25, 0.3) is 21.6 Å². The molecule has 1 saturated heterocycles. The van der Waals surface area contributed by atoms with Crippen LogP contribution in [0.4, 0.5) is 8.78 Å². The summed E-state index contributed by atoms with van der Waals surface area (Å²) in [5.74, 6) is -0.410. The molecule has 0 bridgehead atoms. The van der Waals surface area contributed by atoms with Gasteiger partial charge in [0.25, 0.3) is 0 Å². The van der Waals surface area contributed by atoms with E-state index < -0.39 is 11.6 Å². The fourth-order valence-electron chi connectivity index (χ4n) is 3.52. The molecule has 3 aromatic rings. The summed E-state index contributed by atoms with van der Waals surface area (Å²) in [6.07, 6.45) is 1.04. The van der Waals surface area contributed by atoms with Crippen molar-refractivity contribution in [3.8, 4) is 33.4 Å². The van der Waals surface area contributed by atoms with E-state index >= 15 is 0 Å². The number of hydrogen-bond acceptors (Lipinski definition) is 4. The van der Waals surface area contributed by atoms with Crippen molar-refractivity contribution >= 4 is 11.3 Å². The number of nitrogens with zero attached hydrogens (tertiary/aromatic N) is 1. The second-order valence-corrected chi connectivity index (χ2v) is 7.82. The summed E-state index contributed by atoms with van der Waals surface area (Å²) in [5.41, 5.74) is 2.26. The minimum absolute atomic E-state index is 0.0104. The highest BCUT2D eigenvalue weighted by Gasteiger charge is 2.23. The third kappa shape index (κ3) is 3.39. The molecule has 1 fully saturated rings. The number of halogens is 2. The van der Waals surface area contributed by atoms with Gasteiger partial charge in [-0.25, -0.2) is 8.78 Å². The maximum absolute atomic E-state index is 14.3. The second kappa shape index (κ2) is 7.70. The SMILES string of the molecule is COc1ccc(-c2sc(C3CCNC3)cc2-c2ccc(C#N)c(F)c2)cc1F. The fourth-order valence-corrected chi connectivity index (χ4v) is 4.83. The molecule has 1 unspecified atom stereocenters. The summed E-state index contributed by atoms with van der Waals surface area (Å²) in [7, 11) is 1.43. The summed E-state index contributed by atoms with van der Waals surface area (Å²) >= 11 is 1.61. The molecule has 28 heavy (non-hydrogen) atoms. The van der Waals surface area contributed by atoms with E-state index in [1.165, 1.54) is 30.2 Å². The van der Waals surface area contributed by atoms with Crippen molar-refractivity contribution in [2.24, 2.45) is 0 Å². The molecule has 1 atom stereocenters. The van der Waals surface area contributed by atoms with Crippen LogP contribution in [-0.2, 0) is 0 Å². The maximum Gasteiger partial charge on any atom is 0.165 e. The Morgan fingerprint density at radius 2 is 1.89 bits per heavy atom. The van der Waals surface area contributed by atoms with E-state index in [1.807, 2.05) is 12.1 Å². The van der Waals surface area contributed by atoms with E-state index in [-0.39, 0.29) is 11.3 Å². The molecule has 2 aromatic carbocycles. The molecule has 0 aliphatic carbocycles. The van der Waals surface area contributed by atoms with E-state index in [9.17, 15) is 8.78 Å². The van der Waals surface area contributed by atoms with Gasteiger partial charge >= 0.3 is 0 Å². The van der Waals surface area contributed by atoms with Crippen molar-refractivity contribution in [2.75, 3.05) is 20.2 Å². The van der Waals surface area contributed by atoms with Crippen LogP contribution in [0.2, 0.25) is 0 Å². The van der Waals surface area contributed by atoms with Crippen LogP contribution in [0.1, 0.15) is 22.8 Å². The normalized spacial score (nSPS) is 16.1. The van der Waals surface area contributed by atoms with Gasteiger partial charge in [-0.05, 0) is 60.5 Å². The minimum atomic E-state index is -0.554. The highest BCUT2D eigenvalue weighted by Crippen LogP contribution is 2.44. The first kappa shape index (κ1) is 18.6. The lowest BCUT2D eigenvalue weighted by Gasteiger charge is -2.07. The molecular formula is C22H18F2N2OS. The van der Waals surface area contributed by atoms with E-state index in [1.54, 1.807) is 23.5 Å². The number of nitriles is 1. The van der Waals surface area contributed by atoms with E-state index in [2.05, 4.69) is 11.4 Å². The summed E-state index contributed by atoms with van der Waals surface area (Å²) < 4.78 is 33.6. The first-order valence-electron chi connectivity index (χ1n) is 8.99. The smallest absolute Gasteiger partial charge is 0.165 e. The van der Waals surface area contributed by atoms with Gasteiger partial charge in [-0.3, -0.25) is 0 Å². The lowest BCUT2D eigenvalue weighted by Crippen LogP contribution is -2.07. The zero-order valence-electron chi connectivity index (χ0n) is 15.3. The van der Waals surface area contributed by atoms with Crippen LogP contribution >= 0.6 is 11.3 Å². The molecule has 1 aliphatic rings. The predicted molar refractivity (Wildman–Crippen MR) is 107 cm³/mol. The Labute approximate surface area is 166 Å². The predicted octanol–water partition coefficient (Wildman–Crippen LogP) is 5.32. The Kier molecular flexibility index (Phi) is 5.12. The third-order valence-electron chi connectivity index (χ3n) is 5.03. The van der Waals surface area contributed by atoms with E-state index in [0.717, 1.165) is 35.5 Å². The number of hydrogen-bond donors (Lipinski definition) is 1. The zero-order chi connectivity index (χ0) is 19.7. The standard InChI is InChI=1S/C22H18F2N2OS/c1-27-20-5-4-14(9-19(20)24)22-17(10-21(28-22)16-6-7-26-12-16)13-2-3-15(11-25)18(23)8-13/h2-5,8-10,16,26H,6-7,12H2,1H3. The van der Waals surface area contributed by atoms with Gasteiger partial charge in [-0.15, -0.1) is 11.3 Å². The van der Waals surface area contributed by atoms with Crippen LogP contribution in [0.3, 0.4) is 0 Å². The largest absolute Gasteiger partial charge is 0.494 e. The van der Waals surface area contributed by atoms with Gasteiger partial charge in [-0.1, -0.05) is 6.07 Å². The summed E-state index contributed by atoms with van der Waals surface area (Å²) in [6, 6.07) is 13.4. The molecule has 1 N–H and O–H groups in total. The third-order valence-corrected chi connectivity index (χ3v) is 6.37. The highest BCUT2D eigenvalue weighted by molar-refractivity contribution is 7.16.